The summed E-state index contributed by atoms with van der Waals surface area (Å²) in [7, 11) is 0. The molecule has 1 aliphatic heterocycles. The van der Waals surface area contributed by atoms with Crippen LogP contribution in [0.5, 0.6) is 0 Å². The van der Waals surface area contributed by atoms with Gasteiger partial charge in [-0.25, -0.2) is 0 Å². The molecule has 1 heterocycles. The van der Waals surface area contributed by atoms with Crippen molar-refractivity contribution in [3.05, 3.63) is 30.3 Å². The zero-order valence-corrected chi connectivity index (χ0v) is 9.67. The highest BCUT2D eigenvalue weighted by atomic mass is 35.5. The minimum atomic E-state index is 0. The van der Waals surface area contributed by atoms with Gasteiger partial charge in [0.15, 0.2) is 0 Å². The number of anilines is 1. The molecule has 2 atom stereocenters. The van der Waals surface area contributed by atoms with Gasteiger partial charge in [0, 0.05) is 11.6 Å². The molecule has 0 radical (unpaired) electrons. The SMILES string of the molecule is Cl.O=C(Nc1ccccc1)C1C2CNCC21. The molecular formula is C12H15ClN2O. The van der Waals surface area contributed by atoms with Crippen molar-refractivity contribution in [3.8, 4) is 0 Å². The minimum absolute atomic E-state index is 0. The molecule has 1 saturated heterocycles. The Morgan fingerprint density at radius 2 is 1.81 bits per heavy atom. The van der Waals surface area contributed by atoms with Crippen LogP contribution in [0.15, 0.2) is 30.3 Å². The molecule has 1 aromatic rings. The number of piperidine rings is 1. The van der Waals surface area contributed by atoms with E-state index in [0.717, 1.165) is 18.8 Å². The van der Waals surface area contributed by atoms with Gasteiger partial charge in [-0.1, -0.05) is 18.2 Å². The fourth-order valence-electron chi connectivity index (χ4n) is 2.55. The number of carbonyl (C=O) groups is 1. The second-order valence-corrected chi connectivity index (χ2v) is 4.37. The second kappa shape index (κ2) is 4.44. The Kier molecular flexibility index (Phi) is 3.17. The standard InChI is InChI=1S/C12H14N2O.ClH/c15-12(11-9-6-13-7-10(9)11)14-8-4-2-1-3-5-8;/h1-5,9-11,13H,6-7H2,(H,14,15);1H. The molecule has 1 amide bonds. The number of hydrogen-bond acceptors (Lipinski definition) is 2. The Labute approximate surface area is 101 Å². The lowest BCUT2D eigenvalue weighted by atomic mass is 10.2. The van der Waals surface area contributed by atoms with E-state index in [4.69, 9.17) is 0 Å². The monoisotopic (exact) mass is 238 g/mol. The van der Waals surface area contributed by atoms with Gasteiger partial charge in [0.25, 0.3) is 0 Å². The molecule has 16 heavy (non-hydrogen) atoms. The van der Waals surface area contributed by atoms with Crippen molar-refractivity contribution < 1.29 is 4.79 Å². The molecule has 0 bridgehead atoms. The lowest BCUT2D eigenvalue weighted by molar-refractivity contribution is -0.118. The van der Waals surface area contributed by atoms with Crippen LogP contribution in [0.2, 0.25) is 0 Å². The first-order chi connectivity index (χ1) is 7.36. The fourth-order valence-corrected chi connectivity index (χ4v) is 2.55. The molecule has 3 rings (SSSR count). The molecule has 2 N–H and O–H groups in total. The van der Waals surface area contributed by atoms with Crippen molar-refractivity contribution in [2.75, 3.05) is 18.4 Å². The average Bonchev–Trinajstić information content (AvgIpc) is 2.75. The maximum absolute atomic E-state index is 11.8. The Bertz CT molecular complexity index is 372. The molecule has 1 aliphatic carbocycles. The van der Waals surface area contributed by atoms with Gasteiger partial charge in [-0.05, 0) is 37.1 Å². The third-order valence-corrected chi connectivity index (χ3v) is 3.44. The van der Waals surface area contributed by atoms with E-state index in [9.17, 15) is 4.79 Å². The van der Waals surface area contributed by atoms with Crippen molar-refractivity contribution in [3.63, 3.8) is 0 Å². The number of halogens is 1. The molecule has 0 spiro atoms. The van der Waals surface area contributed by atoms with Crippen LogP contribution in [-0.4, -0.2) is 19.0 Å². The molecular weight excluding hydrogens is 224 g/mol. The fraction of sp³-hybridized carbons (Fsp3) is 0.417. The summed E-state index contributed by atoms with van der Waals surface area (Å²) in [6, 6.07) is 9.67. The summed E-state index contributed by atoms with van der Waals surface area (Å²) < 4.78 is 0. The molecule has 1 saturated carbocycles. The number of para-hydroxylation sites is 1. The van der Waals surface area contributed by atoms with E-state index in [0.29, 0.717) is 11.8 Å². The second-order valence-electron chi connectivity index (χ2n) is 4.37. The predicted octanol–water partition coefficient (Wildman–Crippen LogP) is 1.51. The number of benzene rings is 1. The normalized spacial score (nSPS) is 30.1. The maximum Gasteiger partial charge on any atom is 0.228 e. The zero-order chi connectivity index (χ0) is 10.3. The summed E-state index contributed by atoms with van der Waals surface area (Å²) in [5.41, 5.74) is 0.903. The van der Waals surface area contributed by atoms with Crippen molar-refractivity contribution in [2.45, 2.75) is 0 Å². The Morgan fingerprint density at radius 3 is 2.44 bits per heavy atom. The summed E-state index contributed by atoms with van der Waals surface area (Å²) in [4.78, 5) is 11.8. The number of carbonyl (C=O) groups excluding carboxylic acids is 1. The minimum Gasteiger partial charge on any atom is -0.326 e. The van der Waals surface area contributed by atoms with Crippen LogP contribution in [0, 0.1) is 17.8 Å². The van der Waals surface area contributed by atoms with Crippen LogP contribution >= 0.6 is 12.4 Å². The number of amides is 1. The first-order valence-corrected chi connectivity index (χ1v) is 5.43. The third-order valence-electron chi connectivity index (χ3n) is 3.44. The smallest absolute Gasteiger partial charge is 0.228 e. The maximum atomic E-state index is 11.8. The third kappa shape index (κ3) is 1.93. The van der Waals surface area contributed by atoms with Gasteiger partial charge in [-0.2, -0.15) is 0 Å². The summed E-state index contributed by atoms with van der Waals surface area (Å²) in [5, 5.41) is 6.26. The zero-order valence-electron chi connectivity index (χ0n) is 8.85. The molecule has 3 nitrogen and oxygen atoms in total. The number of hydrogen-bond donors (Lipinski definition) is 2. The molecule has 1 aromatic carbocycles. The summed E-state index contributed by atoms with van der Waals surface area (Å²) in [5.74, 6) is 1.63. The van der Waals surface area contributed by atoms with E-state index < -0.39 is 0 Å². The van der Waals surface area contributed by atoms with Crippen molar-refractivity contribution in [1.82, 2.24) is 5.32 Å². The quantitative estimate of drug-likeness (QED) is 0.820. The van der Waals surface area contributed by atoms with E-state index >= 15 is 0 Å². The number of nitrogens with one attached hydrogen (secondary N) is 2. The van der Waals surface area contributed by atoms with Crippen LogP contribution in [-0.2, 0) is 4.79 Å². The Balaban J connectivity index is 0.000000963. The van der Waals surface area contributed by atoms with Crippen molar-refractivity contribution in [2.24, 2.45) is 17.8 Å². The highest BCUT2D eigenvalue weighted by molar-refractivity contribution is 5.95. The molecule has 86 valence electrons. The van der Waals surface area contributed by atoms with Crippen molar-refractivity contribution in [1.29, 1.82) is 0 Å². The van der Waals surface area contributed by atoms with Gasteiger partial charge in [0.2, 0.25) is 5.91 Å². The predicted molar refractivity (Wildman–Crippen MR) is 65.7 cm³/mol. The highest BCUT2D eigenvalue weighted by Crippen LogP contribution is 2.49. The van der Waals surface area contributed by atoms with E-state index in [-0.39, 0.29) is 24.2 Å². The van der Waals surface area contributed by atoms with E-state index in [1.807, 2.05) is 30.3 Å². The van der Waals surface area contributed by atoms with E-state index in [1.165, 1.54) is 0 Å². The van der Waals surface area contributed by atoms with Gasteiger partial charge in [-0.3, -0.25) is 4.79 Å². The van der Waals surface area contributed by atoms with Crippen molar-refractivity contribution >= 4 is 24.0 Å². The van der Waals surface area contributed by atoms with Gasteiger partial charge in [0.1, 0.15) is 0 Å². The molecule has 2 fully saturated rings. The van der Waals surface area contributed by atoms with E-state index in [1.54, 1.807) is 0 Å². The van der Waals surface area contributed by atoms with Crippen LogP contribution in [0.25, 0.3) is 0 Å². The topological polar surface area (TPSA) is 41.1 Å². The van der Waals surface area contributed by atoms with Gasteiger partial charge in [-0.15, -0.1) is 12.4 Å². The lowest BCUT2D eigenvalue weighted by Crippen LogP contribution is -2.23. The van der Waals surface area contributed by atoms with Crippen LogP contribution in [0.1, 0.15) is 0 Å². The molecule has 4 heteroatoms. The first kappa shape index (κ1) is 11.4. The average molecular weight is 239 g/mol. The summed E-state index contributed by atoms with van der Waals surface area (Å²) in [6.45, 7) is 2.02. The first-order valence-electron chi connectivity index (χ1n) is 5.43. The lowest BCUT2D eigenvalue weighted by Gasteiger charge is -2.06. The van der Waals surface area contributed by atoms with E-state index in [2.05, 4.69) is 10.6 Å². The largest absolute Gasteiger partial charge is 0.326 e. The summed E-state index contributed by atoms with van der Waals surface area (Å²) >= 11 is 0. The molecule has 2 unspecified atom stereocenters. The van der Waals surface area contributed by atoms with Crippen LogP contribution in [0.3, 0.4) is 0 Å². The number of fused-ring (bicyclic) bond motifs is 1. The highest BCUT2D eigenvalue weighted by Gasteiger charge is 2.56. The Morgan fingerprint density at radius 1 is 1.19 bits per heavy atom. The van der Waals surface area contributed by atoms with Crippen LogP contribution < -0.4 is 10.6 Å². The van der Waals surface area contributed by atoms with Gasteiger partial charge < -0.3 is 10.6 Å². The molecule has 0 aromatic heterocycles. The Hall–Kier alpha value is -1.06. The summed E-state index contributed by atoms with van der Waals surface area (Å²) in [6.07, 6.45) is 0. The number of rotatable bonds is 2. The molecule has 2 aliphatic rings. The van der Waals surface area contributed by atoms with Crippen LogP contribution in [0.4, 0.5) is 5.69 Å². The van der Waals surface area contributed by atoms with Gasteiger partial charge >= 0.3 is 0 Å². The van der Waals surface area contributed by atoms with Gasteiger partial charge in [0.05, 0.1) is 0 Å².